The van der Waals surface area contributed by atoms with Crippen molar-refractivity contribution in [1.29, 1.82) is 0 Å². The summed E-state index contributed by atoms with van der Waals surface area (Å²) in [6, 6.07) is 7.54. The van der Waals surface area contributed by atoms with Gasteiger partial charge in [0, 0.05) is 12.7 Å². The first kappa shape index (κ1) is 9.64. The normalized spacial score (nSPS) is 9.31. The van der Waals surface area contributed by atoms with Gasteiger partial charge in [-0.3, -0.25) is 4.79 Å². The Morgan fingerprint density at radius 2 is 2.08 bits per heavy atom. The van der Waals surface area contributed by atoms with E-state index in [0.717, 1.165) is 11.3 Å². The first-order chi connectivity index (χ1) is 6.22. The molecule has 1 rings (SSSR count). The van der Waals surface area contributed by atoms with E-state index in [9.17, 15) is 4.79 Å². The van der Waals surface area contributed by atoms with Crippen LogP contribution in [0, 0.1) is 0 Å². The zero-order valence-electron chi connectivity index (χ0n) is 7.41. The Balaban J connectivity index is 2.54. The highest BCUT2D eigenvalue weighted by Gasteiger charge is 1.95. The summed E-state index contributed by atoms with van der Waals surface area (Å²) in [5.41, 5.74) is 1.93. The van der Waals surface area contributed by atoms with Gasteiger partial charge in [-0.15, -0.1) is 0 Å². The highest BCUT2D eigenvalue weighted by atomic mass is 16.5. The van der Waals surface area contributed by atoms with Gasteiger partial charge in [-0.2, -0.15) is 0 Å². The van der Waals surface area contributed by atoms with Crippen LogP contribution in [0.5, 0.6) is 0 Å². The number of anilines is 1. The Morgan fingerprint density at radius 1 is 1.46 bits per heavy atom. The van der Waals surface area contributed by atoms with Crippen molar-refractivity contribution in [2.75, 3.05) is 12.4 Å². The van der Waals surface area contributed by atoms with Crippen molar-refractivity contribution in [2.45, 2.75) is 6.61 Å². The number of carbonyl (C=O) groups is 1. The molecule has 3 nitrogen and oxygen atoms in total. The van der Waals surface area contributed by atoms with Crippen LogP contribution in [0.25, 0.3) is 0 Å². The number of rotatable bonds is 3. The van der Waals surface area contributed by atoms with E-state index in [1.807, 2.05) is 31.3 Å². The molecule has 13 heavy (non-hydrogen) atoms. The summed E-state index contributed by atoms with van der Waals surface area (Å²) < 4.78 is 4.62. The average molecular weight is 175 g/mol. The first-order valence-corrected chi connectivity index (χ1v) is 3.91. The summed E-state index contributed by atoms with van der Waals surface area (Å²) in [5.74, 6) is -0.752. The molecule has 0 fully saturated rings. The molecule has 1 aromatic carbocycles. The molecule has 4 heteroatoms. The predicted octanol–water partition coefficient (Wildman–Crippen LogP) is 1.53. The summed E-state index contributed by atoms with van der Waals surface area (Å²) in [6.07, 6.45) is 0. The van der Waals surface area contributed by atoms with Gasteiger partial charge in [-0.1, -0.05) is 12.1 Å². The Hall–Kier alpha value is -1.45. The van der Waals surface area contributed by atoms with Crippen molar-refractivity contribution in [3.05, 3.63) is 29.8 Å². The lowest BCUT2D eigenvalue weighted by atomic mass is 10.2. The largest absolute Gasteiger partial charge is 0.470 e. The van der Waals surface area contributed by atoms with Crippen molar-refractivity contribution in [3.8, 4) is 0 Å². The molecule has 0 aliphatic rings. The summed E-state index contributed by atoms with van der Waals surface area (Å²) in [5, 5.41) is 2.99. The minimum Gasteiger partial charge on any atom is -0.470 e. The van der Waals surface area contributed by atoms with Crippen molar-refractivity contribution in [2.24, 2.45) is 0 Å². The van der Waals surface area contributed by atoms with Crippen molar-refractivity contribution >= 4 is 19.4 Å². The van der Waals surface area contributed by atoms with Gasteiger partial charge < -0.3 is 10.1 Å². The third-order valence-corrected chi connectivity index (χ3v) is 1.62. The highest BCUT2D eigenvalue weighted by Crippen LogP contribution is 2.09. The van der Waals surface area contributed by atoms with Crippen LogP contribution in [0.2, 0.25) is 0 Å². The Kier molecular flexibility index (Phi) is 3.37. The van der Waals surface area contributed by atoms with Gasteiger partial charge in [0.05, 0.1) is 0 Å². The molecule has 0 atom stereocenters. The minimum absolute atomic E-state index is 0.222. The van der Waals surface area contributed by atoms with Gasteiger partial charge in [0.2, 0.25) is 13.7 Å². The molecule has 0 heterocycles. The van der Waals surface area contributed by atoms with E-state index < -0.39 is 5.87 Å². The lowest BCUT2D eigenvalue weighted by Crippen LogP contribution is -2.00. The molecule has 1 N–H and O–H groups in total. The molecule has 0 amide bonds. The van der Waals surface area contributed by atoms with E-state index >= 15 is 0 Å². The summed E-state index contributed by atoms with van der Waals surface area (Å²) >= 11 is 0. The second-order valence-corrected chi connectivity index (χ2v) is 2.55. The van der Waals surface area contributed by atoms with Gasteiger partial charge in [-0.25, -0.2) is 0 Å². The molecule has 1 aromatic rings. The molecule has 2 radical (unpaired) electrons. The third kappa shape index (κ3) is 3.19. The molecular weight excluding hydrogens is 165 g/mol. The standard InChI is InChI=1S/C9H10BNO2/c1-11-8-4-2-7(3-5-8)6-13-9(10)12/h2-5,11H,6H2,1H3. The number of carbonyl (C=O) groups excluding carboxylic acids is 1. The van der Waals surface area contributed by atoms with Crippen molar-refractivity contribution in [1.82, 2.24) is 0 Å². The van der Waals surface area contributed by atoms with E-state index in [4.69, 9.17) is 7.85 Å². The number of nitrogens with one attached hydrogen (secondary N) is 1. The number of ether oxygens (including phenoxy) is 1. The lowest BCUT2D eigenvalue weighted by molar-refractivity contribution is 0.167. The summed E-state index contributed by atoms with van der Waals surface area (Å²) in [7, 11) is 6.67. The topological polar surface area (TPSA) is 38.3 Å². The molecule has 66 valence electrons. The maximum absolute atomic E-state index is 10.3. The Labute approximate surface area is 78.5 Å². The fourth-order valence-electron chi connectivity index (χ4n) is 0.922. The quantitative estimate of drug-likeness (QED) is 0.708. The molecule has 0 aromatic heterocycles. The zero-order valence-corrected chi connectivity index (χ0v) is 7.41. The maximum atomic E-state index is 10.3. The van der Waals surface area contributed by atoms with E-state index in [1.165, 1.54) is 0 Å². The van der Waals surface area contributed by atoms with Gasteiger partial charge in [0.15, 0.2) is 0 Å². The lowest BCUT2D eigenvalue weighted by Gasteiger charge is -2.03. The number of benzene rings is 1. The van der Waals surface area contributed by atoms with Crippen LogP contribution in [0.3, 0.4) is 0 Å². The van der Waals surface area contributed by atoms with Crippen molar-refractivity contribution < 1.29 is 9.53 Å². The van der Waals surface area contributed by atoms with Crippen LogP contribution < -0.4 is 5.32 Å². The molecule has 0 saturated heterocycles. The third-order valence-electron chi connectivity index (χ3n) is 1.62. The molecule has 0 bridgehead atoms. The maximum Gasteiger partial charge on any atom is 0.236 e. The van der Waals surface area contributed by atoms with E-state index in [0.29, 0.717) is 0 Å². The monoisotopic (exact) mass is 175 g/mol. The Morgan fingerprint density at radius 3 is 2.54 bits per heavy atom. The predicted molar refractivity (Wildman–Crippen MR) is 51.9 cm³/mol. The van der Waals surface area contributed by atoms with Crippen LogP contribution in [0.4, 0.5) is 10.5 Å². The van der Waals surface area contributed by atoms with Crippen LogP contribution >= 0.6 is 0 Å². The smallest absolute Gasteiger partial charge is 0.236 e. The van der Waals surface area contributed by atoms with Gasteiger partial charge in [-0.05, 0) is 17.7 Å². The Bertz CT molecular complexity index is 284. The fraction of sp³-hybridized carbons (Fsp3) is 0.222. The molecule has 0 aliphatic carbocycles. The highest BCUT2D eigenvalue weighted by molar-refractivity contribution is 6.55. The molecule has 0 aliphatic heterocycles. The molecule has 0 unspecified atom stereocenters. The van der Waals surface area contributed by atoms with Crippen LogP contribution in [-0.2, 0) is 11.3 Å². The van der Waals surface area contributed by atoms with Gasteiger partial charge >= 0.3 is 0 Å². The van der Waals surface area contributed by atoms with E-state index in [2.05, 4.69) is 10.1 Å². The molecular formula is C9H10BNO2. The fourth-order valence-corrected chi connectivity index (χ4v) is 0.922. The average Bonchev–Trinajstić information content (AvgIpc) is 2.15. The molecule has 0 spiro atoms. The van der Waals surface area contributed by atoms with Gasteiger partial charge in [0.25, 0.3) is 0 Å². The van der Waals surface area contributed by atoms with E-state index in [-0.39, 0.29) is 6.61 Å². The van der Waals surface area contributed by atoms with Crippen LogP contribution in [-0.4, -0.2) is 20.8 Å². The summed E-state index contributed by atoms with van der Waals surface area (Å²) in [4.78, 5) is 10.3. The minimum atomic E-state index is -0.752. The van der Waals surface area contributed by atoms with Crippen LogP contribution in [0.15, 0.2) is 24.3 Å². The SMILES string of the molecule is [B]C(=O)OCc1ccc(NC)cc1. The second kappa shape index (κ2) is 4.55. The van der Waals surface area contributed by atoms with Crippen molar-refractivity contribution in [3.63, 3.8) is 0 Å². The van der Waals surface area contributed by atoms with Gasteiger partial charge in [0.1, 0.15) is 6.61 Å². The van der Waals surface area contributed by atoms with Crippen LogP contribution in [0.1, 0.15) is 5.56 Å². The number of hydrogen-bond acceptors (Lipinski definition) is 3. The molecule has 0 saturated carbocycles. The first-order valence-electron chi connectivity index (χ1n) is 3.91. The number of hydrogen-bond donors (Lipinski definition) is 1. The summed E-state index contributed by atoms with van der Waals surface area (Å²) in [6.45, 7) is 0.222. The zero-order chi connectivity index (χ0) is 9.68. The van der Waals surface area contributed by atoms with E-state index in [1.54, 1.807) is 0 Å². The second-order valence-electron chi connectivity index (χ2n) is 2.55.